The molecule has 0 radical (unpaired) electrons. The van der Waals surface area contributed by atoms with E-state index in [9.17, 15) is 0 Å². The third-order valence-corrected chi connectivity index (χ3v) is 3.47. The van der Waals surface area contributed by atoms with Gasteiger partial charge in [0, 0.05) is 30.8 Å². The first kappa shape index (κ1) is 12.6. The van der Waals surface area contributed by atoms with Crippen molar-refractivity contribution in [1.82, 2.24) is 14.2 Å². The molecular formula is C15H18N4O. The van der Waals surface area contributed by atoms with Crippen LogP contribution in [0.1, 0.15) is 29.0 Å². The van der Waals surface area contributed by atoms with Gasteiger partial charge in [-0.1, -0.05) is 0 Å². The van der Waals surface area contributed by atoms with E-state index < -0.39 is 0 Å². The van der Waals surface area contributed by atoms with Gasteiger partial charge in [0.1, 0.15) is 11.6 Å². The number of furan rings is 1. The number of hydrogen-bond donors (Lipinski definition) is 1. The molecule has 0 fully saturated rings. The normalized spacial score (nSPS) is 12.6. The van der Waals surface area contributed by atoms with Crippen molar-refractivity contribution in [2.45, 2.75) is 19.9 Å². The number of nitrogens with zero attached hydrogens (tertiary/aromatic N) is 3. The van der Waals surface area contributed by atoms with Gasteiger partial charge in [0.2, 0.25) is 0 Å². The Hall–Kier alpha value is -2.43. The highest BCUT2D eigenvalue weighted by molar-refractivity contribution is 5.23. The summed E-state index contributed by atoms with van der Waals surface area (Å²) >= 11 is 0. The third kappa shape index (κ3) is 2.11. The highest BCUT2D eigenvalue weighted by Gasteiger charge is 2.21. The van der Waals surface area contributed by atoms with E-state index in [1.54, 1.807) is 12.5 Å². The summed E-state index contributed by atoms with van der Waals surface area (Å²) in [6, 6.07) is 7.89. The SMILES string of the molecule is Cc1ccc(C)n1NC(c1ccco1)c1nccn1C. The van der Waals surface area contributed by atoms with Gasteiger partial charge < -0.3 is 14.4 Å². The maximum atomic E-state index is 5.57. The molecule has 0 saturated heterocycles. The van der Waals surface area contributed by atoms with Gasteiger partial charge in [0.05, 0.1) is 6.26 Å². The predicted molar refractivity (Wildman–Crippen MR) is 77.0 cm³/mol. The molecule has 0 aliphatic heterocycles. The molecule has 3 heterocycles. The van der Waals surface area contributed by atoms with Gasteiger partial charge >= 0.3 is 0 Å². The molecule has 3 rings (SSSR count). The molecule has 5 heteroatoms. The molecule has 104 valence electrons. The second-order valence-corrected chi connectivity index (χ2v) is 4.93. The maximum Gasteiger partial charge on any atom is 0.158 e. The van der Waals surface area contributed by atoms with Crippen LogP contribution in [0.25, 0.3) is 0 Å². The van der Waals surface area contributed by atoms with Gasteiger partial charge in [-0.2, -0.15) is 0 Å². The van der Waals surface area contributed by atoms with Crippen LogP contribution in [0.15, 0.2) is 47.3 Å². The number of aromatic nitrogens is 3. The fraction of sp³-hybridized carbons (Fsp3) is 0.267. The molecule has 3 aromatic rings. The first-order valence-electron chi connectivity index (χ1n) is 6.59. The molecule has 0 amide bonds. The van der Waals surface area contributed by atoms with Crippen molar-refractivity contribution in [3.05, 3.63) is 65.9 Å². The summed E-state index contributed by atoms with van der Waals surface area (Å²) in [7, 11) is 1.98. The smallest absolute Gasteiger partial charge is 0.158 e. The van der Waals surface area contributed by atoms with Crippen LogP contribution in [0, 0.1) is 13.8 Å². The summed E-state index contributed by atoms with van der Waals surface area (Å²) in [6.45, 7) is 4.13. The van der Waals surface area contributed by atoms with Crippen molar-refractivity contribution in [1.29, 1.82) is 0 Å². The van der Waals surface area contributed by atoms with Crippen molar-refractivity contribution < 1.29 is 4.42 Å². The van der Waals surface area contributed by atoms with Crippen molar-refractivity contribution in [2.75, 3.05) is 5.43 Å². The highest BCUT2D eigenvalue weighted by atomic mass is 16.3. The van der Waals surface area contributed by atoms with Crippen LogP contribution in [-0.4, -0.2) is 14.2 Å². The topological polar surface area (TPSA) is 47.9 Å². The van der Waals surface area contributed by atoms with E-state index in [2.05, 4.69) is 41.1 Å². The molecule has 1 N–H and O–H groups in total. The van der Waals surface area contributed by atoms with E-state index in [0.717, 1.165) is 23.0 Å². The molecule has 0 bridgehead atoms. The van der Waals surface area contributed by atoms with Crippen LogP contribution in [-0.2, 0) is 7.05 Å². The minimum absolute atomic E-state index is 0.130. The van der Waals surface area contributed by atoms with E-state index in [1.165, 1.54) is 0 Å². The van der Waals surface area contributed by atoms with Crippen LogP contribution in [0.5, 0.6) is 0 Å². The van der Waals surface area contributed by atoms with E-state index >= 15 is 0 Å². The Morgan fingerprint density at radius 2 is 1.95 bits per heavy atom. The van der Waals surface area contributed by atoms with E-state index in [0.29, 0.717) is 0 Å². The van der Waals surface area contributed by atoms with Gasteiger partial charge in [-0.05, 0) is 38.1 Å². The molecule has 5 nitrogen and oxygen atoms in total. The van der Waals surface area contributed by atoms with Gasteiger partial charge in [-0.15, -0.1) is 0 Å². The Morgan fingerprint density at radius 1 is 1.20 bits per heavy atom. The largest absolute Gasteiger partial charge is 0.467 e. The molecule has 1 atom stereocenters. The quantitative estimate of drug-likeness (QED) is 0.793. The summed E-state index contributed by atoms with van der Waals surface area (Å²) in [4.78, 5) is 4.44. The van der Waals surface area contributed by atoms with Gasteiger partial charge in [-0.25, -0.2) is 4.98 Å². The fourth-order valence-electron chi connectivity index (χ4n) is 2.36. The summed E-state index contributed by atoms with van der Waals surface area (Å²) in [5, 5.41) is 0. The van der Waals surface area contributed by atoms with Gasteiger partial charge in [-0.3, -0.25) is 4.68 Å². The summed E-state index contributed by atoms with van der Waals surface area (Å²) in [6.07, 6.45) is 5.41. The third-order valence-electron chi connectivity index (χ3n) is 3.47. The minimum atomic E-state index is -0.130. The van der Waals surface area contributed by atoms with Crippen molar-refractivity contribution in [2.24, 2.45) is 7.05 Å². The molecule has 0 aliphatic carbocycles. The number of imidazole rings is 1. The molecule has 3 aromatic heterocycles. The molecule has 1 unspecified atom stereocenters. The molecular weight excluding hydrogens is 252 g/mol. The number of rotatable bonds is 4. The second kappa shape index (κ2) is 4.92. The molecule has 0 aliphatic rings. The maximum absolute atomic E-state index is 5.57. The summed E-state index contributed by atoms with van der Waals surface area (Å²) in [5.74, 6) is 1.75. The van der Waals surface area contributed by atoms with Crippen LogP contribution in [0.4, 0.5) is 0 Å². The Bertz CT molecular complexity index is 674. The minimum Gasteiger partial charge on any atom is -0.467 e. The summed E-state index contributed by atoms with van der Waals surface area (Å²) < 4.78 is 9.63. The van der Waals surface area contributed by atoms with Gasteiger partial charge in [0.25, 0.3) is 0 Å². The second-order valence-electron chi connectivity index (χ2n) is 4.93. The summed E-state index contributed by atoms with van der Waals surface area (Å²) in [5.41, 5.74) is 5.77. The molecule has 0 saturated carbocycles. The van der Waals surface area contributed by atoms with Gasteiger partial charge in [0.15, 0.2) is 6.04 Å². The Kier molecular flexibility index (Phi) is 3.10. The number of aryl methyl sites for hydroxylation is 3. The number of nitrogens with one attached hydrogen (secondary N) is 1. The van der Waals surface area contributed by atoms with Crippen molar-refractivity contribution in [3.8, 4) is 0 Å². The zero-order valence-corrected chi connectivity index (χ0v) is 11.9. The highest BCUT2D eigenvalue weighted by Crippen LogP contribution is 2.23. The van der Waals surface area contributed by atoms with Crippen LogP contribution in [0.2, 0.25) is 0 Å². The first-order chi connectivity index (χ1) is 9.66. The van der Waals surface area contributed by atoms with Crippen molar-refractivity contribution >= 4 is 0 Å². The predicted octanol–water partition coefficient (Wildman–Crippen LogP) is 2.76. The number of hydrogen-bond acceptors (Lipinski definition) is 3. The lowest BCUT2D eigenvalue weighted by atomic mass is 10.2. The van der Waals surface area contributed by atoms with Crippen LogP contribution >= 0.6 is 0 Å². The van der Waals surface area contributed by atoms with E-state index in [-0.39, 0.29) is 6.04 Å². The lowest BCUT2D eigenvalue weighted by Gasteiger charge is -2.21. The van der Waals surface area contributed by atoms with E-state index in [4.69, 9.17) is 4.42 Å². The monoisotopic (exact) mass is 270 g/mol. The fourth-order valence-corrected chi connectivity index (χ4v) is 2.36. The Morgan fingerprint density at radius 3 is 2.50 bits per heavy atom. The van der Waals surface area contributed by atoms with Crippen LogP contribution < -0.4 is 5.43 Å². The zero-order valence-electron chi connectivity index (χ0n) is 11.9. The van der Waals surface area contributed by atoms with Crippen molar-refractivity contribution in [3.63, 3.8) is 0 Å². The molecule has 20 heavy (non-hydrogen) atoms. The average Bonchev–Trinajstić information content (AvgIpc) is 3.13. The standard InChI is InChI=1S/C15H18N4O/c1-11-6-7-12(2)19(11)17-14(13-5-4-10-20-13)15-16-8-9-18(15)3/h4-10,14,17H,1-3H3. The first-order valence-corrected chi connectivity index (χ1v) is 6.59. The van der Waals surface area contributed by atoms with Crippen LogP contribution in [0.3, 0.4) is 0 Å². The zero-order chi connectivity index (χ0) is 14.1. The lowest BCUT2D eigenvalue weighted by molar-refractivity contribution is 0.473. The lowest BCUT2D eigenvalue weighted by Crippen LogP contribution is -2.25. The Balaban J connectivity index is 2.01. The van der Waals surface area contributed by atoms with E-state index in [1.807, 2.05) is 29.9 Å². The molecule has 0 aromatic carbocycles. The Labute approximate surface area is 117 Å². The average molecular weight is 270 g/mol. The molecule has 0 spiro atoms.